The summed E-state index contributed by atoms with van der Waals surface area (Å²) in [6.45, 7) is 1.84. The maximum Gasteiger partial charge on any atom is 0.336 e. The Morgan fingerprint density at radius 3 is 2.67 bits per heavy atom. The number of dihydropyridines is 1. The van der Waals surface area contributed by atoms with Crippen LogP contribution in [0, 0.1) is 0 Å². The van der Waals surface area contributed by atoms with Gasteiger partial charge in [-0.05, 0) is 25.8 Å². The molecule has 0 saturated carbocycles. The van der Waals surface area contributed by atoms with Crippen molar-refractivity contribution in [2.24, 2.45) is 0 Å². The van der Waals surface area contributed by atoms with Crippen LogP contribution in [0.1, 0.15) is 37.7 Å². The zero-order valence-corrected chi connectivity index (χ0v) is 14.1. The normalized spacial score (nSPS) is 20.5. The van der Waals surface area contributed by atoms with E-state index in [1.165, 1.54) is 7.11 Å². The lowest BCUT2D eigenvalue weighted by atomic mass is 9.75. The molecule has 0 saturated heterocycles. The molecule has 0 fully saturated rings. The van der Waals surface area contributed by atoms with Crippen LogP contribution in [0.4, 0.5) is 0 Å². The number of carbonyl (C=O) groups is 2. The van der Waals surface area contributed by atoms with Gasteiger partial charge in [-0.2, -0.15) is 0 Å². The molecular weight excluding hydrogens is 306 g/mol. The number of methoxy groups -OCH3 is 2. The second kappa shape index (κ2) is 6.51. The third kappa shape index (κ3) is 2.60. The Morgan fingerprint density at radius 2 is 1.96 bits per heavy atom. The number of carbonyl (C=O) groups excluding carboxylic acids is 2. The van der Waals surface area contributed by atoms with E-state index in [2.05, 4.69) is 5.32 Å². The van der Waals surface area contributed by atoms with Crippen molar-refractivity contribution in [2.45, 2.75) is 32.1 Å². The van der Waals surface area contributed by atoms with Gasteiger partial charge in [0, 0.05) is 29.0 Å². The number of hydrogen-bond donors (Lipinski definition) is 1. The molecule has 1 aliphatic carbocycles. The molecule has 0 amide bonds. The topological polar surface area (TPSA) is 64.6 Å². The standard InChI is InChI=1S/C19H21NO4/c1-11-16(19(22)24-3)17(12-7-4-5-10-15(12)23-2)18-13(20-11)8-6-9-14(18)21/h4-5,7,10,17,20H,6,8-9H2,1-3H3/t17-/m1/s1. The molecule has 2 aliphatic rings. The van der Waals surface area contributed by atoms with Crippen LogP contribution in [0.25, 0.3) is 0 Å². The van der Waals surface area contributed by atoms with E-state index in [-0.39, 0.29) is 5.78 Å². The van der Waals surface area contributed by atoms with Crippen LogP contribution < -0.4 is 10.1 Å². The third-order valence-electron chi connectivity index (χ3n) is 4.63. The average molecular weight is 327 g/mol. The van der Waals surface area contributed by atoms with Crippen LogP contribution in [0.15, 0.2) is 46.8 Å². The lowest BCUT2D eigenvalue weighted by molar-refractivity contribution is -0.136. The SMILES string of the molecule is COC(=O)C1=C(C)NC2=C(C(=O)CCC2)[C@@H]1c1ccccc1OC. The molecule has 1 atom stereocenters. The largest absolute Gasteiger partial charge is 0.496 e. The molecule has 0 radical (unpaired) electrons. The summed E-state index contributed by atoms with van der Waals surface area (Å²) >= 11 is 0. The van der Waals surface area contributed by atoms with Gasteiger partial charge < -0.3 is 14.8 Å². The van der Waals surface area contributed by atoms with E-state index in [9.17, 15) is 9.59 Å². The minimum atomic E-state index is -0.461. The van der Waals surface area contributed by atoms with Gasteiger partial charge in [-0.3, -0.25) is 4.79 Å². The average Bonchev–Trinajstić information content (AvgIpc) is 2.60. The molecule has 0 spiro atoms. The van der Waals surface area contributed by atoms with Gasteiger partial charge in [0.05, 0.1) is 25.7 Å². The molecule has 1 aliphatic heterocycles. The summed E-state index contributed by atoms with van der Waals surface area (Å²) in [6, 6.07) is 7.50. The fourth-order valence-corrected chi connectivity index (χ4v) is 3.58. The Kier molecular flexibility index (Phi) is 4.42. The summed E-state index contributed by atoms with van der Waals surface area (Å²) in [6.07, 6.45) is 2.13. The van der Waals surface area contributed by atoms with Crippen molar-refractivity contribution in [3.8, 4) is 5.75 Å². The Balaban J connectivity index is 2.24. The van der Waals surface area contributed by atoms with Gasteiger partial charge in [-0.15, -0.1) is 0 Å². The van der Waals surface area contributed by atoms with Gasteiger partial charge in [0.2, 0.25) is 0 Å². The lowest BCUT2D eigenvalue weighted by Crippen LogP contribution is -2.34. The van der Waals surface area contributed by atoms with Crippen molar-refractivity contribution in [3.05, 3.63) is 52.4 Å². The molecule has 1 N–H and O–H groups in total. The van der Waals surface area contributed by atoms with Crippen LogP contribution in [0.2, 0.25) is 0 Å². The first-order valence-corrected chi connectivity index (χ1v) is 8.03. The second-order valence-electron chi connectivity index (χ2n) is 6.00. The van der Waals surface area contributed by atoms with E-state index in [1.807, 2.05) is 31.2 Å². The van der Waals surface area contributed by atoms with Gasteiger partial charge in [-0.25, -0.2) is 4.79 Å². The second-order valence-corrected chi connectivity index (χ2v) is 6.00. The van der Waals surface area contributed by atoms with Crippen molar-refractivity contribution in [1.82, 2.24) is 5.32 Å². The first kappa shape index (κ1) is 16.3. The Morgan fingerprint density at radius 1 is 1.21 bits per heavy atom. The van der Waals surface area contributed by atoms with Gasteiger partial charge >= 0.3 is 5.97 Å². The van der Waals surface area contributed by atoms with Gasteiger partial charge in [0.1, 0.15) is 5.75 Å². The van der Waals surface area contributed by atoms with Gasteiger partial charge in [0.25, 0.3) is 0 Å². The number of ether oxygens (including phenoxy) is 2. The van der Waals surface area contributed by atoms with Crippen LogP contribution in [-0.4, -0.2) is 26.0 Å². The quantitative estimate of drug-likeness (QED) is 0.865. The molecule has 3 rings (SSSR count). The molecule has 0 unspecified atom stereocenters. The molecule has 5 heteroatoms. The fourth-order valence-electron chi connectivity index (χ4n) is 3.58. The summed E-state index contributed by atoms with van der Waals surface area (Å²) in [4.78, 5) is 25.1. The molecule has 126 valence electrons. The van der Waals surface area contributed by atoms with Crippen LogP contribution in [-0.2, 0) is 14.3 Å². The molecule has 24 heavy (non-hydrogen) atoms. The number of Topliss-reactive ketones (excluding diaryl/α,β-unsaturated/α-hetero) is 1. The summed E-state index contributed by atoms with van der Waals surface area (Å²) in [5.41, 5.74) is 3.58. The number of hydrogen-bond acceptors (Lipinski definition) is 5. The summed E-state index contributed by atoms with van der Waals surface area (Å²) in [5.74, 6) is -0.157. The number of nitrogens with one attached hydrogen (secondary N) is 1. The number of rotatable bonds is 3. The van der Waals surface area contributed by atoms with E-state index in [4.69, 9.17) is 9.47 Å². The summed E-state index contributed by atoms with van der Waals surface area (Å²) in [7, 11) is 2.95. The van der Waals surface area contributed by atoms with E-state index in [0.29, 0.717) is 23.3 Å². The highest BCUT2D eigenvalue weighted by atomic mass is 16.5. The monoisotopic (exact) mass is 327 g/mol. The zero-order chi connectivity index (χ0) is 17.3. The first-order valence-electron chi connectivity index (χ1n) is 8.03. The molecule has 1 heterocycles. The lowest BCUT2D eigenvalue weighted by Gasteiger charge is -2.34. The number of ketones is 1. The summed E-state index contributed by atoms with van der Waals surface area (Å²) < 4.78 is 10.5. The minimum Gasteiger partial charge on any atom is -0.496 e. The van der Waals surface area contributed by atoms with Crippen molar-refractivity contribution in [3.63, 3.8) is 0 Å². The van der Waals surface area contributed by atoms with Gasteiger partial charge in [-0.1, -0.05) is 18.2 Å². The predicted molar refractivity (Wildman–Crippen MR) is 89.5 cm³/mol. The van der Waals surface area contributed by atoms with E-state index >= 15 is 0 Å². The smallest absolute Gasteiger partial charge is 0.336 e. The van der Waals surface area contributed by atoms with Crippen molar-refractivity contribution in [2.75, 3.05) is 14.2 Å². The molecule has 5 nitrogen and oxygen atoms in total. The minimum absolute atomic E-state index is 0.0774. The number of benzene rings is 1. The molecular formula is C19H21NO4. The van der Waals surface area contributed by atoms with Crippen molar-refractivity contribution >= 4 is 11.8 Å². The highest BCUT2D eigenvalue weighted by Gasteiger charge is 2.39. The van der Waals surface area contributed by atoms with E-state index in [0.717, 1.165) is 29.8 Å². The maximum absolute atomic E-state index is 12.7. The van der Waals surface area contributed by atoms with E-state index < -0.39 is 11.9 Å². The predicted octanol–water partition coefficient (Wildman–Crippen LogP) is 2.84. The fraction of sp³-hybridized carbons (Fsp3) is 0.368. The van der Waals surface area contributed by atoms with E-state index in [1.54, 1.807) is 7.11 Å². The Labute approximate surface area is 141 Å². The first-order chi connectivity index (χ1) is 11.6. The molecule has 1 aromatic carbocycles. The molecule has 1 aromatic rings. The number of esters is 1. The van der Waals surface area contributed by atoms with Gasteiger partial charge in [0.15, 0.2) is 5.78 Å². The van der Waals surface area contributed by atoms with Crippen LogP contribution in [0.5, 0.6) is 5.75 Å². The highest BCUT2D eigenvalue weighted by Crippen LogP contribution is 2.44. The molecule has 0 bridgehead atoms. The third-order valence-corrected chi connectivity index (χ3v) is 4.63. The maximum atomic E-state index is 12.7. The molecule has 0 aromatic heterocycles. The highest BCUT2D eigenvalue weighted by molar-refractivity contribution is 6.03. The van der Waals surface area contributed by atoms with Crippen LogP contribution in [0.3, 0.4) is 0 Å². The number of allylic oxidation sites excluding steroid dienone is 3. The Hall–Kier alpha value is -2.56. The Bertz CT molecular complexity index is 760. The zero-order valence-electron chi connectivity index (χ0n) is 14.1. The van der Waals surface area contributed by atoms with Crippen LogP contribution >= 0.6 is 0 Å². The summed E-state index contributed by atoms with van der Waals surface area (Å²) in [5, 5.41) is 3.25. The van der Waals surface area contributed by atoms with Crippen molar-refractivity contribution < 1.29 is 19.1 Å². The number of para-hydroxylation sites is 1. The van der Waals surface area contributed by atoms with Crippen molar-refractivity contribution in [1.29, 1.82) is 0 Å².